The third kappa shape index (κ3) is 3.79. The first kappa shape index (κ1) is 16.6. The van der Waals surface area contributed by atoms with Crippen LogP contribution in [0.5, 0.6) is 0 Å². The number of nitrogens with two attached hydrogens (primary N) is 1. The summed E-state index contributed by atoms with van der Waals surface area (Å²) in [6.45, 7) is 3.22. The molecule has 0 saturated carbocycles. The molecule has 112 valence electrons. The lowest BCUT2D eigenvalue weighted by Gasteiger charge is -2.30. The summed E-state index contributed by atoms with van der Waals surface area (Å²) in [6, 6.07) is 7.44. The van der Waals surface area contributed by atoms with Crippen molar-refractivity contribution < 1.29 is 19.4 Å². The average molecular weight is 281 g/mol. The summed E-state index contributed by atoms with van der Waals surface area (Å²) >= 11 is 0. The fraction of sp³-hybridized carbons (Fsp3) is 0.533. The Morgan fingerprint density at radius 2 is 2.00 bits per heavy atom. The Balaban J connectivity index is 2.87. The Morgan fingerprint density at radius 1 is 1.30 bits per heavy atom. The van der Waals surface area contributed by atoms with E-state index in [1.54, 1.807) is 7.11 Å². The van der Waals surface area contributed by atoms with Gasteiger partial charge in [-0.3, -0.25) is 4.79 Å². The number of ether oxygens (including phenoxy) is 2. The van der Waals surface area contributed by atoms with E-state index >= 15 is 0 Å². The molecular formula is C15H23NO4. The zero-order valence-electron chi connectivity index (χ0n) is 12.1. The number of carboxylic acid groups (broad SMARTS) is 1. The van der Waals surface area contributed by atoms with Gasteiger partial charge in [-0.15, -0.1) is 0 Å². The summed E-state index contributed by atoms with van der Waals surface area (Å²) in [6.07, 6.45) is 0.341. The van der Waals surface area contributed by atoms with Crippen molar-refractivity contribution in [2.75, 3.05) is 33.5 Å². The molecule has 1 atom stereocenters. The molecule has 1 rings (SSSR count). The van der Waals surface area contributed by atoms with Crippen LogP contribution in [0.1, 0.15) is 17.5 Å². The van der Waals surface area contributed by atoms with Crippen molar-refractivity contribution in [3.8, 4) is 0 Å². The predicted octanol–water partition coefficient (Wildman–Crippen LogP) is 1.33. The number of rotatable bonds is 9. The molecule has 0 aromatic heterocycles. The summed E-state index contributed by atoms with van der Waals surface area (Å²) in [7, 11) is 1.60. The molecule has 3 N–H and O–H groups in total. The maximum atomic E-state index is 11.8. The first-order valence-electron chi connectivity index (χ1n) is 6.64. The Kier molecular flexibility index (Phi) is 6.64. The van der Waals surface area contributed by atoms with E-state index in [2.05, 4.69) is 0 Å². The molecule has 0 spiro atoms. The quantitative estimate of drug-likeness (QED) is 0.667. The monoisotopic (exact) mass is 281 g/mol. The summed E-state index contributed by atoms with van der Waals surface area (Å²) in [5.74, 6) is -0.912. The first-order valence-corrected chi connectivity index (χ1v) is 6.64. The van der Waals surface area contributed by atoms with Crippen molar-refractivity contribution in [3.05, 3.63) is 35.4 Å². The average Bonchev–Trinajstić information content (AvgIpc) is 2.44. The van der Waals surface area contributed by atoms with Gasteiger partial charge < -0.3 is 20.3 Å². The fourth-order valence-corrected chi connectivity index (χ4v) is 2.26. The summed E-state index contributed by atoms with van der Waals surface area (Å²) in [4.78, 5) is 11.8. The van der Waals surface area contributed by atoms with Crippen molar-refractivity contribution >= 4 is 5.97 Å². The zero-order chi connectivity index (χ0) is 15.0. The van der Waals surface area contributed by atoms with Gasteiger partial charge in [-0.2, -0.15) is 0 Å². The van der Waals surface area contributed by atoms with Gasteiger partial charge in [-0.1, -0.05) is 24.3 Å². The van der Waals surface area contributed by atoms with Crippen LogP contribution in [0.2, 0.25) is 0 Å². The van der Waals surface area contributed by atoms with Crippen molar-refractivity contribution in [1.29, 1.82) is 0 Å². The van der Waals surface area contributed by atoms with Crippen LogP contribution >= 0.6 is 0 Å². The van der Waals surface area contributed by atoms with E-state index in [1.165, 1.54) is 0 Å². The minimum atomic E-state index is -1.10. The maximum absolute atomic E-state index is 11.8. The second-order valence-electron chi connectivity index (χ2n) is 4.76. The molecule has 5 heteroatoms. The number of aliphatic carboxylic acids is 1. The van der Waals surface area contributed by atoms with Gasteiger partial charge in [0.2, 0.25) is 0 Å². The van der Waals surface area contributed by atoms with Gasteiger partial charge in [0.1, 0.15) is 5.41 Å². The van der Waals surface area contributed by atoms with Crippen LogP contribution in [0.3, 0.4) is 0 Å². The fourth-order valence-electron chi connectivity index (χ4n) is 2.26. The molecule has 5 nitrogen and oxygen atoms in total. The normalized spacial score (nSPS) is 13.9. The van der Waals surface area contributed by atoms with E-state index in [1.807, 2.05) is 31.2 Å². The van der Waals surface area contributed by atoms with Gasteiger partial charge in [0, 0.05) is 20.3 Å². The van der Waals surface area contributed by atoms with Gasteiger partial charge in [0.25, 0.3) is 0 Å². The van der Waals surface area contributed by atoms with E-state index in [9.17, 15) is 9.90 Å². The molecule has 1 aromatic carbocycles. The van der Waals surface area contributed by atoms with Gasteiger partial charge in [0.05, 0.1) is 13.2 Å². The van der Waals surface area contributed by atoms with Crippen LogP contribution < -0.4 is 5.73 Å². The van der Waals surface area contributed by atoms with Gasteiger partial charge in [-0.05, 0) is 24.5 Å². The minimum absolute atomic E-state index is 0.0425. The lowest BCUT2D eigenvalue weighted by Crippen LogP contribution is -2.44. The highest BCUT2D eigenvalue weighted by Crippen LogP contribution is 2.30. The number of carboxylic acids is 1. The zero-order valence-corrected chi connectivity index (χ0v) is 12.1. The third-order valence-electron chi connectivity index (χ3n) is 3.52. The Bertz CT molecular complexity index is 436. The topological polar surface area (TPSA) is 81.8 Å². The highest BCUT2D eigenvalue weighted by molar-refractivity contribution is 5.82. The van der Waals surface area contributed by atoms with Crippen LogP contribution in [0.15, 0.2) is 24.3 Å². The molecule has 0 aliphatic heterocycles. The molecule has 0 heterocycles. The molecule has 0 saturated heterocycles. The molecule has 0 aliphatic carbocycles. The Morgan fingerprint density at radius 3 is 2.55 bits per heavy atom. The van der Waals surface area contributed by atoms with Crippen LogP contribution in [0, 0.1) is 6.92 Å². The van der Waals surface area contributed by atoms with Crippen LogP contribution in [-0.4, -0.2) is 44.6 Å². The van der Waals surface area contributed by atoms with E-state index in [-0.39, 0.29) is 6.54 Å². The third-order valence-corrected chi connectivity index (χ3v) is 3.52. The number of hydrogen-bond acceptors (Lipinski definition) is 4. The summed E-state index contributed by atoms with van der Waals surface area (Å²) < 4.78 is 10.3. The van der Waals surface area contributed by atoms with Crippen molar-refractivity contribution in [2.45, 2.75) is 18.8 Å². The number of methoxy groups -OCH3 is 1. The molecule has 20 heavy (non-hydrogen) atoms. The molecular weight excluding hydrogens is 258 g/mol. The SMILES string of the molecule is COCCOCCC(CN)(C(=O)O)c1ccccc1C. The van der Waals surface area contributed by atoms with Crippen LogP contribution in [0.4, 0.5) is 0 Å². The van der Waals surface area contributed by atoms with Crippen LogP contribution in [-0.2, 0) is 19.7 Å². The number of hydrogen-bond donors (Lipinski definition) is 2. The molecule has 0 amide bonds. The second kappa shape index (κ2) is 7.99. The van der Waals surface area contributed by atoms with Crippen LogP contribution in [0.25, 0.3) is 0 Å². The van der Waals surface area contributed by atoms with E-state index < -0.39 is 11.4 Å². The van der Waals surface area contributed by atoms with E-state index in [0.29, 0.717) is 26.2 Å². The number of carbonyl (C=O) groups is 1. The van der Waals surface area contributed by atoms with Gasteiger partial charge in [-0.25, -0.2) is 0 Å². The first-order chi connectivity index (χ1) is 9.58. The molecule has 1 aromatic rings. The van der Waals surface area contributed by atoms with Crippen molar-refractivity contribution in [1.82, 2.24) is 0 Å². The lowest BCUT2D eigenvalue weighted by atomic mass is 9.76. The van der Waals surface area contributed by atoms with E-state index in [4.69, 9.17) is 15.2 Å². The standard InChI is InChI=1S/C15H23NO4/c1-12-5-3-4-6-13(12)15(11-16,14(17)18)7-8-20-10-9-19-2/h3-6H,7-11,16H2,1-2H3,(H,17,18). The summed E-state index contributed by atoms with van der Waals surface area (Å²) in [5.41, 5.74) is 6.37. The van der Waals surface area contributed by atoms with E-state index in [0.717, 1.165) is 11.1 Å². The predicted molar refractivity (Wildman–Crippen MR) is 76.9 cm³/mol. The number of aryl methyl sites for hydroxylation is 1. The largest absolute Gasteiger partial charge is 0.481 e. The Hall–Kier alpha value is -1.43. The van der Waals surface area contributed by atoms with Crippen molar-refractivity contribution in [3.63, 3.8) is 0 Å². The molecule has 0 fully saturated rings. The lowest BCUT2D eigenvalue weighted by molar-refractivity contribution is -0.144. The van der Waals surface area contributed by atoms with Gasteiger partial charge in [0.15, 0.2) is 0 Å². The molecule has 1 unspecified atom stereocenters. The van der Waals surface area contributed by atoms with Crippen molar-refractivity contribution in [2.24, 2.45) is 5.73 Å². The number of benzene rings is 1. The maximum Gasteiger partial charge on any atom is 0.315 e. The minimum Gasteiger partial charge on any atom is -0.481 e. The highest BCUT2D eigenvalue weighted by Gasteiger charge is 2.39. The Labute approximate surface area is 119 Å². The highest BCUT2D eigenvalue weighted by atomic mass is 16.5. The van der Waals surface area contributed by atoms with Gasteiger partial charge >= 0.3 is 5.97 Å². The molecule has 0 aliphatic rings. The second-order valence-corrected chi connectivity index (χ2v) is 4.76. The molecule has 0 radical (unpaired) electrons. The summed E-state index contributed by atoms with van der Waals surface area (Å²) in [5, 5.41) is 9.64. The smallest absolute Gasteiger partial charge is 0.315 e. The molecule has 0 bridgehead atoms.